The van der Waals surface area contributed by atoms with Gasteiger partial charge in [-0.15, -0.1) is 11.3 Å². The van der Waals surface area contributed by atoms with Crippen molar-refractivity contribution >= 4 is 45.4 Å². The number of nitriles is 1. The Morgan fingerprint density at radius 2 is 2.24 bits per heavy atom. The zero-order chi connectivity index (χ0) is 23.4. The fraction of sp³-hybridized carbons (Fsp3) is 0.240. The molecule has 1 aromatic carbocycles. The lowest BCUT2D eigenvalue weighted by molar-refractivity contribution is -0.115. The summed E-state index contributed by atoms with van der Waals surface area (Å²) in [7, 11) is 0. The van der Waals surface area contributed by atoms with Gasteiger partial charge in [0.15, 0.2) is 9.71 Å². The summed E-state index contributed by atoms with van der Waals surface area (Å²) >= 11 is 6.67. The minimum absolute atomic E-state index is 0.0404. The summed E-state index contributed by atoms with van der Waals surface area (Å²) in [6.07, 6.45) is 13.2. The number of anilines is 1. The molecule has 1 aliphatic heterocycles. The highest BCUT2D eigenvalue weighted by atomic mass is 32.1. The predicted octanol–water partition coefficient (Wildman–Crippen LogP) is 6.55. The number of benzene rings is 1. The number of amides is 1. The van der Waals surface area contributed by atoms with Crippen LogP contribution in [0.5, 0.6) is 0 Å². The number of aromatic amines is 1. The van der Waals surface area contributed by atoms with Gasteiger partial charge in [-0.1, -0.05) is 23.8 Å². The molecule has 1 N–H and O–H groups in total. The Kier molecular flexibility index (Phi) is 6.92. The highest BCUT2D eigenvalue weighted by Crippen LogP contribution is 2.29. The van der Waals surface area contributed by atoms with Gasteiger partial charge in [0, 0.05) is 24.2 Å². The van der Waals surface area contributed by atoms with Crippen LogP contribution in [0.4, 0.5) is 5.69 Å². The summed E-state index contributed by atoms with van der Waals surface area (Å²) in [6.45, 7) is 3.81. The van der Waals surface area contributed by atoms with Crippen molar-refractivity contribution in [3.8, 4) is 6.07 Å². The Labute approximate surface area is 201 Å². The number of fused-ring (bicyclic) bond motifs is 1. The molecule has 1 aromatic heterocycles. The average molecular weight is 478 g/mol. The zero-order valence-corrected chi connectivity index (χ0v) is 20.0. The lowest BCUT2D eigenvalue weighted by Gasteiger charge is -2.27. The highest BCUT2D eigenvalue weighted by molar-refractivity contribution is 7.73. The molecule has 0 saturated carbocycles. The topological polar surface area (TPSA) is 78.3 Å². The zero-order valence-electron chi connectivity index (χ0n) is 18.3. The molecule has 4 rings (SSSR count). The van der Waals surface area contributed by atoms with Crippen molar-refractivity contribution in [2.24, 2.45) is 0 Å². The van der Waals surface area contributed by atoms with E-state index >= 15 is 0 Å². The number of hydrogen-bond donors (Lipinski definition) is 1. The van der Waals surface area contributed by atoms with Crippen LogP contribution in [-0.4, -0.2) is 16.9 Å². The van der Waals surface area contributed by atoms with E-state index < -0.39 is 5.91 Å². The molecule has 2 heterocycles. The molecule has 2 aromatic rings. The maximum atomic E-state index is 13.4. The Bertz CT molecular complexity index is 1330. The summed E-state index contributed by atoms with van der Waals surface area (Å²) in [5, 5.41) is 9.77. The van der Waals surface area contributed by atoms with Gasteiger partial charge in [0.25, 0.3) is 5.91 Å². The van der Waals surface area contributed by atoms with Crippen LogP contribution in [0.1, 0.15) is 33.1 Å². The van der Waals surface area contributed by atoms with Gasteiger partial charge in [-0.2, -0.15) is 5.26 Å². The molecule has 2 aliphatic rings. The van der Waals surface area contributed by atoms with Crippen LogP contribution in [0, 0.1) is 15.3 Å². The second-order valence-electron chi connectivity index (χ2n) is 7.94. The van der Waals surface area contributed by atoms with Gasteiger partial charge in [0.1, 0.15) is 29.9 Å². The molecule has 6 nitrogen and oxygen atoms in total. The van der Waals surface area contributed by atoms with Crippen LogP contribution in [-0.2, 0) is 14.3 Å². The third-order valence-electron chi connectivity index (χ3n) is 5.19. The van der Waals surface area contributed by atoms with Gasteiger partial charge in [-0.25, -0.2) is 0 Å². The molecule has 0 fully saturated rings. The van der Waals surface area contributed by atoms with Crippen molar-refractivity contribution in [2.45, 2.75) is 39.2 Å². The van der Waals surface area contributed by atoms with Gasteiger partial charge in [0.05, 0.1) is 10.2 Å². The molecule has 8 heteroatoms. The smallest absolute Gasteiger partial charge is 0.269 e. The number of H-pyrrole nitrogens is 1. The van der Waals surface area contributed by atoms with E-state index in [0.717, 1.165) is 23.1 Å². The SMILES string of the molecule is CC(C)N(C(=O)C(C#N)=CC1=COC=C(CC2=CC=CCC2)O1)c1ccc2[nH]c(=S)sc2c1. The van der Waals surface area contributed by atoms with E-state index in [1.54, 1.807) is 11.2 Å². The van der Waals surface area contributed by atoms with Gasteiger partial charge >= 0.3 is 0 Å². The number of allylic oxidation sites excluding steroid dienone is 5. The number of aromatic nitrogens is 1. The van der Waals surface area contributed by atoms with Crippen LogP contribution >= 0.6 is 23.6 Å². The molecule has 0 atom stereocenters. The van der Waals surface area contributed by atoms with Gasteiger partial charge in [-0.05, 0) is 57.1 Å². The average Bonchev–Trinajstić information content (AvgIpc) is 3.17. The first kappa shape index (κ1) is 22.8. The monoisotopic (exact) mass is 477 g/mol. The van der Waals surface area contributed by atoms with E-state index in [1.807, 2.05) is 44.2 Å². The molecular formula is C25H23N3O3S2. The molecule has 0 unspecified atom stereocenters. The number of thiazole rings is 1. The number of nitrogens with zero attached hydrogens (tertiary/aromatic N) is 2. The maximum Gasteiger partial charge on any atom is 0.269 e. The maximum absolute atomic E-state index is 13.4. The van der Waals surface area contributed by atoms with Crippen LogP contribution in [0.2, 0.25) is 0 Å². The van der Waals surface area contributed by atoms with Gasteiger partial charge in [0.2, 0.25) is 0 Å². The van der Waals surface area contributed by atoms with E-state index in [0.29, 0.717) is 27.6 Å². The quantitative estimate of drug-likeness (QED) is 0.290. The predicted molar refractivity (Wildman–Crippen MR) is 133 cm³/mol. The summed E-state index contributed by atoms with van der Waals surface area (Å²) in [4.78, 5) is 18.1. The van der Waals surface area contributed by atoms with Crippen molar-refractivity contribution < 1.29 is 14.3 Å². The van der Waals surface area contributed by atoms with Crippen LogP contribution in [0.15, 0.2) is 77.7 Å². The molecule has 168 valence electrons. The van der Waals surface area contributed by atoms with Crippen LogP contribution in [0.25, 0.3) is 10.2 Å². The first-order valence-corrected chi connectivity index (χ1v) is 11.8. The van der Waals surface area contributed by atoms with Crippen molar-refractivity contribution in [1.29, 1.82) is 5.26 Å². The summed E-state index contributed by atoms with van der Waals surface area (Å²) in [6, 6.07) is 7.50. The second-order valence-corrected chi connectivity index (χ2v) is 9.66. The summed E-state index contributed by atoms with van der Waals surface area (Å²) in [5.74, 6) is 0.536. The number of carbonyl (C=O) groups is 1. The molecule has 1 aliphatic carbocycles. The molecule has 1 amide bonds. The third kappa shape index (κ3) is 5.33. The third-order valence-corrected chi connectivity index (χ3v) is 6.39. The largest absolute Gasteiger partial charge is 0.465 e. The fourth-order valence-electron chi connectivity index (χ4n) is 3.69. The summed E-state index contributed by atoms with van der Waals surface area (Å²) < 4.78 is 12.9. The van der Waals surface area contributed by atoms with E-state index in [9.17, 15) is 10.1 Å². The van der Waals surface area contributed by atoms with Crippen molar-refractivity contribution in [1.82, 2.24) is 4.98 Å². The second kappa shape index (κ2) is 10.0. The van der Waals surface area contributed by atoms with Gasteiger partial charge in [-0.3, -0.25) is 4.79 Å². The first-order chi connectivity index (χ1) is 15.9. The molecular weight excluding hydrogens is 454 g/mol. The summed E-state index contributed by atoms with van der Waals surface area (Å²) in [5.41, 5.74) is 2.81. The molecule has 0 spiro atoms. The molecule has 0 saturated heterocycles. The van der Waals surface area contributed by atoms with Crippen molar-refractivity contribution in [3.05, 3.63) is 81.6 Å². The van der Waals surface area contributed by atoms with E-state index in [2.05, 4.69) is 17.1 Å². The minimum atomic E-state index is -0.410. The van der Waals surface area contributed by atoms with E-state index in [1.165, 1.54) is 29.2 Å². The lowest BCUT2D eigenvalue weighted by atomic mass is 10.0. The molecule has 33 heavy (non-hydrogen) atoms. The Morgan fingerprint density at radius 3 is 2.97 bits per heavy atom. The highest BCUT2D eigenvalue weighted by Gasteiger charge is 2.24. The molecule has 0 bridgehead atoms. The van der Waals surface area contributed by atoms with Crippen LogP contribution in [0.3, 0.4) is 0 Å². The normalized spacial score (nSPS) is 15.8. The number of carbonyl (C=O) groups excluding carboxylic acids is 1. The number of ether oxygens (including phenoxy) is 2. The lowest BCUT2D eigenvalue weighted by Crippen LogP contribution is -2.37. The molecule has 0 radical (unpaired) electrons. The Balaban J connectivity index is 1.55. The standard InChI is InChI=1S/C25H23N3O3S2/c1-16(2)28(19-8-9-22-23(12-19)33-25(32)27-22)24(29)18(13-26)11-21-15-30-14-20(31-21)10-17-6-4-3-5-7-17/h3-4,6,8-9,11-12,14-16H,5,7,10H2,1-2H3,(H,27,32). The first-order valence-electron chi connectivity index (χ1n) is 10.6. The van der Waals surface area contributed by atoms with E-state index in [4.69, 9.17) is 21.7 Å². The van der Waals surface area contributed by atoms with Crippen LogP contribution < -0.4 is 4.90 Å². The Hall–Kier alpha value is -3.41. The number of rotatable bonds is 6. The number of nitrogens with one attached hydrogen (secondary N) is 1. The Morgan fingerprint density at radius 1 is 1.39 bits per heavy atom. The van der Waals surface area contributed by atoms with Crippen molar-refractivity contribution in [2.75, 3.05) is 4.90 Å². The number of hydrogen-bond acceptors (Lipinski definition) is 6. The minimum Gasteiger partial charge on any atom is -0.465 e. The van der Waals surface area contributed by atoms with E-state index in [-0.39, 0.29) is 11.6 Å². The van der Waals surface area contributed by atoms with Crippen molar-refractivity contribution in [3.63, 3.8) is 0 Å². The van der Waals surface area contributed by atoms with Gasteiger partial charge < -0.3 is 19.4 Å². The fourth-order valence-corrected chi connectivity index (χ4v) is 4.84.